The van der Waals surface area contributed by atoms with Gasteiger partial charge < -0.3 is 15.5 Å². The number of nitrogens with zero attached hydrogens (tertiary/aromatic N) is 2. The molecule has 0 aromatic rings. The minimum absolute atomic E-state index is 0.0403. The van der Waals surface area contributed by atoms with Gasteiger partial charge in [0, 0.05) is 59.9 Å². The summed E-state index contributed by atoms with van der Waals surface area (Å²) in [6, 6.07) is 0.219. The van der Waals surface area contributed by atoms with Crippen LogP contribution in [0.2, 0.25) is 0 Å². The number of aliphatic imine (C=N–C) groups is 1. The van der Waals surface area contributed by atoms with Gasteiger partial charge >= 0.3 is 0 Å². The average Bonchev–Trinajstić information content (AvgIpc) is 2.92. The summed E-state index contributed by atoms with van der Waals surface area (Å²) in [5, 5.41) is 6.56. The molecule has 1 saturated heterocycles. The van der Waals surface area contributed by atoms with E-state index >= 15 is 0 Å². The Balaban J connectivity index is 2.38. The third-order valence-corrected chi connectivity index (χ3v) is 5.76. The molecule has 1 aliphatic heterocycles. The van der Waals surface area contributed by atoms with Crippen LogP contribution in [0, 0.1) is 5.92 Å². The first-order valence-corrected chi connectivity index (χ1v) is 9.61. The highest BCUT2D eigenvalue weighted by atomic mass is 32.2. The average molecular weight is 345 g/mol. The van der Waals surface area contributed by atoms with E-state index < -0.39 is 10.8 Å². The standard InChI is InChI=1S/C16H32N4O2S/c1-12(2)14(21)20-9-7-13(11-20)19-15(17-6)18-8-10-23(22)16(3,4)5/h12-13H,7-11H2,1-6H3,(H2,17,18,19). The predicted molar refractivity (Wildman–Crippen MR) is 97.1 cm³/mol. The fourth-order valence-corrected chi connectivity index (χ4v) is 3.30. The molecule has 2 unspecified atom stereocenters. The number of nitrogens with one attached hydrogen (secondary N) is 2. The SMILES string of the molecule is CN=C(NCCS(=O)C(C)(C)C)NC1CCN(C(=O)C(C)C)C1. The molecule has 0 aromatic heterocycles. The summed E-state index contributed by atoms with van der Waals surface area (Å²) in [6.45, 7) is 11.9. The first-order chi connectivity index (χ1) is 10.6. The zero-order valence-electron chi connectivity index (χ0n) is 15.3. The molecular weight excluding hydrogens is 312 g/mol. The van der Waals surface area contributed by atoms with Crippen molar-refractivity contribution in [3.63, 3.8) is 0 Å². The van der Waals surface area contributed by atoms with Crippen molar-refractivity contribution in [3.05, 3.63) is 0 Å². The van der Waals surface area contributed by atoms with Gasteiger partial charge in [-0.05, 0) is 27.2 Å². The number of guanidine groups is 1. The van der Waals surface area contributed by atoms with Gasteiger partial charge in [-0.1, -0.05) is 13.8 Å². The molecule has 0 bridgehead atoms. The van der Waals surface area contributed by atoms with Crippen molar-refractivity contribution >= 4 is 22.7 Å². The minimum atomic E-state index is -0.875. The topological polar surface area (TPSA) is 73.8 Å². The fraction of sp³-hybridized carbons (Fsp3) is 0.875. The monoisotopic (exact) mass is 344 g/mol. The van der Waals surface area contributed by atoms with Crippen molar-refractivity contribution in [2.24, 2.45) is 10.9 Å². The molecule has 1 aliphatic rings. The van der Waals surface area contributed by atoms with Crippen molar-refractivity contribution in [1.29, 1.82) is 0 Å². The van der Waals surface area contributed by atoms with Crippen LogP contribution in [0.15, 0.2) is 4.99 Å². The normalized spacial score (nSPS) is 20.7. The molecule has 0 aromatic carbocycles. The van der Waals surface area contributed by atoms with Gasteiger partial charge in [0.25, 0.3) is 0 Å². The molecular formula is C16H32N4O2S. The Kier molecular flexibility index (Phi) is 7.51. The van der Waals surface area contributed by atoms with Gasteiger partial charge in [-0.15, -0.1) is 0 Å². The summed E-state index contributed by atoms with van der Waals surface area (Å²) in [5.74, 6) is 1.54. The maximum atomic E-state index is 12.0. The van der Waals surface area contributed by atoms with Crippen molar-refractivity contribution in [2.45, 2.75) is 51.8 Å². The van der Waals surface area contributed by atoms with Gasteiger partial charge in [0.05, 0.1) is 0 Å². The second kappa shape index (κ2) is 8.66. The van der Waals surface area contributed by atoms with Crippen LogP contribution in [0.25, 0.3) is 0 Å². The second-order valence-electron chi connectivity index (χ2n) is 7.23. The summed E-state index contributed by atoms with van der Waals surface area (Å²) in [4.78, 5) is 18.1. The number of carbonyl (C=O) groups is 1. The third-order valence-electron chi connectivity index (χ3n) is 3.82. The second-order valence-corrected chi connectivity index (χ2v) is 9.55. The summed E-state index contributed by atoms with van der Waals surface area (Å²) >= 11 is 0. The van der Waals surface area contributed by atoms with E-state index in [9.17, 15) is 9.00 Å². The zero-order chi connectivity index (χ0) is 17.6. The van der Waals surface area contributed by atoms with E-state index in [-0.39, 0.29) is 22.6 Å². The Bertz CT molecular complexity index is 457. The lowest BCUT2D eigenvalue weighted by Gasteiger charge is -2.21. The van der Waals surface area contributed by atoms with Crippen LogP contribution in [0.4, 0.5) is 0 Å². The number of carbonyl (C=O) groups excluding carboxylic acids is 1. The Labute approximate surface area is 142 Å². The van der Waals surface area contributed by atoms with Gasteiger partial charge in [0.15, 0.2) is 5.96 Å². The summed E-state index contributed by atoms with van der Waals surface area (Å²) in [6.07, 6.45) is 0.924. The molecule has 7 heteroatoms. The highest BCUT2D eigenvalue weighted by Crippen LogP contribution is 2.13. The van der Waals surface area contributed by atoms with Gasteiger partial charge in [-0.25, -0.2) is 0 Å². The number of hydrogen-bond acceptors (Lipinski definition) is 3. The molecule has 0 spiro atoms. The largest absolute Gasteiger partial charge is 0.355 e. The van der Waals surface area contributed by atoms with Crippen molar-refractivity contribution < 1.29 is 9.00 Å². The Hall–Kier alpha value is -1.11. The quantitative estimate of drug-likeness (QED) is 0.575. The van der Waals surface area contributed by atoms with Crippen molar-refractivity contribution in [3.8, 4) is 0 Å². The lowest BCUT2D eigenvalue weighted by Crippen LogP contribution is -2.46. The maximum Gasteiger partial charge on any atom is 0.225 e. The van der Waals surface area contributed by atoms with Crippen LogP contribution in [-0.2, 0) is 15.6 Å². The number of rotatable bonds is 5. The summed E-state index contributed by atoms with van der Waals surface area (Å²) in [7, 11) is 0.849. The molecule has 1 amide bonds. The summed E-state index contributed by atoms with van der Waals surface area (Å²) in [5.41, 5.74) is 0. The van der Waals surface area contributed by atoms with Crippen LogP contribution >= 0.6 is 0 Å². The van der Waals surface area contributed by atoms with Crippen LogP contribution in [0.5, 0.6) is 0 Å². The van der Waals surface area contributed by atoms with E-state index in [0.29, 0.717) is 24.8 Å². The third kappa shape index (κ3) is 6.49. The molecule has 0 saturated carbocycles. The van der Waals surface area contributed by atoms with Gasteiger partial charge in [-0.2, -0.15) is 0 Å². The van der Waals surface area contributed by atoms with E-state index in [1.807, 2.05) is 39.5 Å². The maximum absolute atomic E-state index is 12.0. The van der Waals surface area contributed by atoms with E-state index in [1.54, 1.807) is 7.05 Å². The van der Waals surface area contributed by atoms with E-state index in [0.717, 1.165) is 13.0 Å². The van der Waals surface area contributed by atoms with Crippen LogP contribution in [0.1, 0.15) is 41.0 Å². The Morgan fingerprint density at radius 2 is 2.04 bits per heavy atom. The summed E-state index contributed by atoms with van der Waals surface area (Å²) < 4.78 is 11.8. The number of amides is 1. The highest BCUT2D eigenvalue weighted by Gasteiger charge is 2.28. The molecule has 1 rings (SSSR count). The number of hydrogen-bond donors (Lipinski definition) is 2. The smallest absolute Gasteiger partial charge is 0.225 e. The molecule has 134 valence electrons. The van der Waals surface area contributed by atoms with Crippen molar-refractivity contribution in [1.82, 2.24) is 15.5 Å². The number of likely N-dealkylation sites (tertiary alicyclic amines) is 1. The van der Waals surface area contributed by atoms with E-state index in [1.165, 1.54) is 0 Å². The first-order valence-electron chi connectivity index (χ1n) is 8.29. The molecule has 2 N–H and O–H groups in total. The molecule has 1 heterocycles. The van der Waals surface area contributed by atoms with Crippen LogP contribution in [-0.4, -0.2) is 64.2 Å². The van der Waals surface area contributed by atoms with Crippen LogP contribution in [0.3, 0.4) is 0 Å². The molecule has 1 fully saturated rings. The Morgan fingerprint density at radius 3 is 2.57 bits per heavy atom. The Morgan fingerprint density at radius 1 is 1.39 bits per heavy atom. The van der Waals surface area contributed by atoms with Crippen molar-refractivity contribution in [2.75, 3.05) is 32.4 Å². The predicted octanol–water partition coefficient (Wildman–Crippen LogP) is 0.956. The fourth-order valence-electron chi connectivity index (χ4n) is 2.40. The first kappa shape index (κ1) is 19.9. The van der Waals surface area contributed by atoms with Crippen LogP contribution < -0.4 is 10.6 Å². The molecule has 0 aliphatic carbocycles. The van der Waals surface area contributed by atoms with E-state index in [2.05, 4.69) is 15.6 Å². The van der Waals surface area contributed by atoms with Gasteiger partial charge in [-0.3, -0.25) is 14.0 Å². The lowest BCUT2D eigenvalue weighted by atomic mass is 10.2. The van der Waals surface area contributed by atoms with E-state index in [4.69, 9.17) is 0 Å². The molecule has 23 heavy (non-hydrogen) atoms. The van der Waals surface area contributed by atoms with Gasteiger partial charge in [0.1, 0.15) is 0 Å². The van der Waals surface area contributed by atoms with Gasteiger partial charge in [0.2, 0.25) is 5.91 Å². The highest BCUT2D eigenvalue weighted by molar-refractivity contribution is 7.86. The molecule has 6 nitrogen and oxygen atoms in total. The minimum Gasteiger partial charge on any atom is -0.355 e. The zero-order valence-corrected chi connectivity index (χ0v) is 16.1. The molecule has 0 radical (unpaired) electrons. The lowest BCUT2D eigenvalue weighted by molar-refractivity contribution is -0.133. The molecule has 2 atom stereocenters.